The molecule has 0 saturated carbocycles. The van der Waals surface area contributed by atoms with Crippen molar-refractivity contribution < 1.29 is 26.4 Å². The Balaban J connectivity index is 1.59. The molecule has 0 atom stereocenters. The summed E-state index contributed by atoms with van der Waals surface area (Å²) in [5, 5.41) is 2.20. The molecule has 2 heterocycles. The third kappa shape index (κ3) is 4.00. The van der Waals surface area contributed by atoms with Gasteiger partial charge in [0.2, 0.25) is 15.5 Å². The Labute approximate surface area is 180 Å². The van der Waals surface area contributed by atoms with Gasteiger partial charge in [-0.05, 0) is 49.2 Å². The highest BCUT2D eigenvalue weighted by molar-refractivity contribution is 7.89. The fraction of sp³-hybridized carbons (Fsp3) is 0.238. The minimum absolute atomic E-state index is 0.0839. The summed E-state index contributed by atoms with van der Waals surface area (Å²) in [6.07, 6.45) is -2.12. The summed E-state index contributed by atoms with van der Waals surface area (Å²) in [5.74, 6) is -0.833. The van der Waals surface area contributed by atoms with Crippen LogP contribution >= 0.6 is 0 Å². The van der Waals surface area contributed by atoms with E-state index in [9.17, 15) is 31.2 Å². The summed E-state index contributed by atoms with van der Waals surface area (Å²) in [4.78, 5) is 27.7. The fourth-order valence-corrected chi connectivity index (χ4v) is 5.16. The summed E-state index contributed by atoms with van der Waals surface area (Å²) >= 11 is 0. The number of carbonyl (C=O) groups is 1. The number of aromatic nitrogens is 1. The number of hydrogen-bond acceptors (Lipinski definition) is 4. The van der Waals surface area contributed by atoms with E-state index >= 15 is 0 Å². The standard InChI is InChI=1S/C21H18F3N3O4S/c22-21(23,24)17-5-3-4-15-18(17)25-12-16(19(15)28)20(29)26-13-6-8-14(9-7-13)32(30,31)27-10-1-2-11-27/h3-9,12H,1-2,10-11H2,(H,25,28)(H,26,29). The first-order chi connectivity index (χ1) is 15.1. The Morgan fingerprint density at radius 3 is 2.31 bits per heavy atom. The maximum Gasteiger partial charge on any atom is 0.418 e. The highest BCUT2D eigenvalue weighted by Crippen LogP contribution is 2.33. The molecule has 1 saturated heterocycles. The number of hydrogen-bond donors (Lipinski definition) is 2. The van der Waals surface area contributed by atoms with Crippen molar-refractivity contribution in [2.24, 2.45) is 0 Å². The topological polar surface area (TPSA) is 99.3 Å². The van der Waals surface area contributed by atoms with Crippen LogP contribution in [0.3, 0.4) is 0 Å². The zero-order valence-electron chi connectivity index (χ0n) is 16.6. The Hall–Kier alpha value is -3.18. The van der Waals surface area contributed by atoms with Gasteiger partial charge in [-0.1, -0.05) is 6.07 Å². The molecule has 1 fully saturated rings. The van der Waals surface area contributed by atoms with Gasteiger partial charge in [0.05, 0.1) is 16.0 Å². The van der Waals surface area contributed by atoms with E-state index in [0.29, 0.717) is 13.1 Å². The van der Waals surface area contributed by atoms with Crippen LogP contribution in [0.4, 0.5) is 18.9 Å². The van der Waals surface area contributed by atoms with Crippen LogP contribution in [-0.4, -0.2) is 36.7 Å². The molecule has 0 spiro atoms. The average Bonchev–Trinajstić information content (AvgIpc) is 3.29. The number of alkyl halides is 3. The molecule has 1 aliphatic rings. The number of para-hydroxylation sites is 1. The van der Waals surface area contributed by atoms with Crippen molar-refractivity contribution in [2.75, 3.05) is 18.4 Å². The Morgan fingerprint density at radius 2 is 1.69 bits per heavy atom. The highest BCUT2D eigenvalue weighted by atomic mass is 32.2. The molecule has 2 aromatic carbocycles. The lowest BCUT2D eigenvalue weighted by Gasteiger charge is -2.15. The van der Waals surface area contributed by atoms with Crippen LogP contribution in [0, 0.1) is 0 Å². The second kappa shape index (κ2) is 8.06. The number of nitrogens with one attached hydrogen (secondary N) is 2. The molecule has 1 aliphatic heterocycles. The van der Waals surface area contributed by atoms with Crippen LogP contribution in [0.5, 0.6) is 0 Å². The number of sulfonamides is 1. The zero-order valence-corrected chi connectivity index (χ0v) is 17.4. The van der Waals surface area contributed by atoms with Crippen LogP contribution in [0.2, 0.25) is 0 Å². The molecule has 0 radical (unpaired) electrons. The molecule has 11 heteroatoms. The third-order valence-corrected chi connectivity index (χ3v) is 7.19. The van der Waals surface area contributed by atoms with E-state index in [1.54, 1.807) is 0 Å². The van der Waals surface area contributed by atoms with E-state index in [-0.39, 0.29) is 21.5 Å². The van der Waals surface area contributed by atoms with Crippen LogP contribution in [0.1, 0.15) is 28.8 Å². The molecule has 0 aliphatic carbocycles. The number of fused-ring (bicyclic) bond motifs is 1. The first kappa shape index (κ1) is 22.0. The molecule has 0 unspecified atom stereocenters. The van der Waals surface area contributed by atoms with Gasteiger partial charge in [0.25, 0.3) is 5.91 Å². The molecule has 168 valence electrons. The van der Waals surface area contributed by atoms with E-state index in [1.165, 1.54) is 34.6 Å². The largest absolute Gasteiger partial charge is 0.418 e. The summed E-state index contributed by atoms with van der Waals surface area (Å²) in [5.41, 5.74) is -2.40. The molecule has 3 aromatic rings. The number of carbonyl (C=O) groups excluding carboxylic acids is 1. The number of halogens is 3. The number of amides is 1. The van der Waals surface area contributed by atoms with Crippen LogP contribution in [0.15, 0.2) is 58.4 Å². The van der Waals surface area contributed by atoms with E-state index in [2.05, 4.69) is 10.3 Å². The van der Waals surface area contributed by atoms with Crippen molar-refractivity contribution in [1.29, 1.82) is 0 Å². The number of H-pyrrole nitrogens is 1. The molecule has 7 nitrogen and oxygen atoms in total. The predicted molar refractivity (Wildman–Crippen MR) is 112 cm³/mol. The van der Waals surface area contributed by atoms with Crippen molar-refractivity contribution >= 4 is 32.5 Å². The monoisotopic (exact) mass is 465 g/mol. The van der Waals surface area contributed by atoms with Gasteiger partial charge in [-0.25, -0.2) is 8.42 Å². The molecule has 32 heavy (non-hydrogen) atoms. The summed E-state index contributed by atoms with van der Waals surface area (Å²) in [6.45, 7) is 0.920. The number of anilines is 1. The molecular formula is C21H18F3N3O4S. The first-order valence-corrected chi connectivity index (χ1v) is 11.2. The van der Waals surface area contributed by atoms with Crippen molar-refractivity contribution in [3.8, 4) is 0 Å². The van der Waals surface area contributed by atoms with Crippen molar-refractivity contribution in [3.63, 3.8) is 0 Å². The van der Waals surface area contributed by atoms with Gasteiger partial charge in [-0.2, -0.15) is 17.5 Å². The van der Waals surface area contributed by atoms with Gasteiger partial charge in [-0.3, -0.25) is 9.59 Å². The lowest BCUT2D eigenvalue weighted by atomic mass is 10.1. The number of rotatable bonds is 4. The van der Waals surface area contributed by atoms with Crippen LogP contribution < -0.4 is 10.7 Å². The minimum atomic E-state index is -4.66. The minimum Gasteiger partial charge on any atom is -0.360 e. The maximum absolute atomic E-state index is 13.2. The van der Waals surface area contributed by atoms with Gasteiger partial charge in [0.1, 0.15) is 5.56 Å². The molecule has 0 bridgehead atoms. The van der Waals surface area contributed by atoms with Gasteiger partial charge in [0, 0.05) is 30.4 Å². The van der Waals surface area contributed by atoms with Gasteiger partial charge < -0.3 is 10.3 Å². The van der Waals surface area contributed by atoms with E-state index in [4.69, 9.17) is 0 Å². The molecular weight excluding hydrogens is 447 g/mol. The van der Waals surface area contributed by atoms with Gasteiger partial charge >= 0.3 is 6.18 Å². The molecule has 4 rings (SSSR count). The lowest BCUT2D eigenvalue weighted by molar-refractivity contribution is -0.136. The molecule has 1 aromatic heterocycles. The van der Waals surface area contributed by atoms with Crippen LogP contribution in [0.25, 0.3) is 10.9 Å². The number of nitrogens with zero attached hydrogens (tertiary/aromatic N) is 1. The van der Waals surface area contributed by atoms with Crippen molar-refractivity contribution in [2.45, 2.75) is 23.9 Å². The van der Waals surface area contributed by atoms with Gasteiger partial charge in [0.15, 0.2) is 0 Å². The Kier molecular flexibility index (Phi) is 5.55. The van der Waals surface area contributed by atoms with Gasteiger partial charge in [-0.15, -0.1) is 0 Å². The van der Waals surface area contributed by atoms with E-state index in [1.807, 2.05) is 0 Å². The smallest absolute Gasteiger partial charge is 0.360 e. The first-order valence-electron chi connectivity index (χ1n) is 9.72. The second-order valence-corrected chi connectivity index (χ2v) is 9.28. The van der Waals surface area contributed by atoms with Crippen LogP contribution in [-0.2, 0) is 16.2 Å². The maximum atomic E-state index is 13.2. The normalized spacial score (nSPS) is 15.2. The number of pyridine rings is 1. The SMILES string of the molecule is O=C(Nc1ccc(S(=O)(=O)N2CCCC2)cc1)c1c[nH]c2c(C(F)(F)F)cccc2c1=O. The second-order valence-electron chi connectivity index (χ2n) is 7.35. The Bertz CT molecular complexity index is 1340. The summed E-state index contributed by atoms with van der Waals surface area (Å²) < 4.78 is 66.0. The molecule has 2 N–H and O–H groups in total. The third-order valence-electron chi connectivity index (χ3n) is 5.28. The molecule has 1 amide bonds. The highest BCUT2D eigenvalue weighted by Gasteiger charge is 2.33. The van der Waals surface area contributed by atoms with E-state index in [0.717, 1.165) is 31.2 Å². The quantitative estimate of drug-likeness (QED) is 0.615. The fourth-order valence-electron chi connectivity index (χ4n) is 3.64. The lowest BCUT2D eigenvalue weighted by Crippen LogP contribution is -2.27. The number of aromatic amines is 1. The van der Waals surface area contributed by atoms with E-state index < -0.39 is 38.6 Å². The number of benzene rings is 2. The van der Waals surface area contributed by atoms with Crippen molar-refractivity contribution in [1.82, 2.24) is 9.29 Å². The Morgan fingerprint density at radius 1 is 1.03 bits per heavy atom. The summed E-state index contributed by atoms with van der Waals surface area (Å²) in [7, 11) is -3.61. The van der Waals surface area contributed by atoms with Crippen molar-refractivity contribution in [3.05, 3.63) is 70.0 Å². The summed E-state index contributed by atoms with van der Waals surface area (Å²) in [6, 6.07) is 8.62. The average molecular weight is 465 g/mol. The predicted octanol–water partition coefficient (Wildman–Crippen LogP) is 3.58. The zero-order chi connectivity index (χ0) is 23.1.